The van der Waals surface area contributed by atoms with Crippen molar-refractivity contribution in [3.8, 4) is 0 Å². The molecule has 0 fully saturated rings. The van der Waals surface area contributed by atoms with E-state index in [1.54, 1.807) is 18.2 Å². The van der Waals surface area contributed by atoms with Crippen LogP contribution < -0.4 is 4.72 Å². The molecule has 6 heteroatoms. The van der Waals surface area contributed by atoms with E-state index >= 15 is 0 Å². The highest BCUT2D eigenvalue weighted by molar-refractivity contribution is 7.92. The normalized spacial score (nSPS) is 17.5. The zero-order valence-electron chi connectivity index (χ0n) is 13.0. The number of nitrogens with zero attached hydrogens (tertiary/aromatic N) is 1. The number of hydrogen-bond acceptors (Lipinski definition) is 4. The van der Waals surface area contributed by atoms with Crippen molar-refractivity contribution in [1.82, 2.24) is 0 Å². The van der Waals surface area contributed by atoms with Gasteiger partial charge in [-0.25, -0.2) is 8.42 Å². The summed E-state index contributed by atoms with van der Waals surface area (Å²) in [5.41, 5.74) is 4.47. The first-order chi connectivity index (χ1) is 10.9. The van der Waals surface area contributed by atoms with Crippen molar-refractivity contribution in [2.75, 3.05) is 11.0 Å². The molecule has 0 aromatic heterocycles. The number of anilines is 1. The number of sulfonamides is 1. The lowest BCUT2D eigenvalue weighted by Gasteiger charge is -2.09. The van der Waals surface area contributed by atoms with Gasteiger partial charge in [-0.3, -0.25) is 4.72 Å². The monoisotopic (exact) mass is 330 g/mol. The Morgan fingerprint density at radius 1 is 1.17 bits per heavy atom. The van der Waals surface area contributed by atoms with Crippen LogP contribution in [0.3, 0.4) is 0 Å². The Labute approximate surface area is 136 Å². The first kappa shape index (κ1) is 15.6. The van der Waals surface area contributed by atoms with Gasteiger partial charge in [-0.15, -0.1) is 0 Å². The molecule has 0 spiro atoms. The molecule has 0 radical (unpaired) electrons. The predicted octanol–water partition coefficient (Wildman–Crippen LogP) is 3.23. The van der Waals surface area contributed by atoms with Crippen molar-refractivity contribution in [3.05, 3.63) is 65.2 Å². The fraction of sp³-hybridized carbons (Fsp3) is 0.235. The average molecular weight is 330 g/mol. The minimum atomic E-state index is -3.30. The standard InChI is InChI=1S/C17H18N2O3S/c1-12-6-8-13(9-7-12)17-11-16(18-22-17)14-4-3-5-15(10-14)19-23(2,20)21/h3-10,17,19H,11H2,1-2H3/t17-/m1/s1. The molecule has 2 aromatic rings. The van der Waals surface area contributed by atoms with Gasteiger partial charge in [0, 0.05) is 17.7 Å². The highest BCUT2D eigenvalue weighted by atomic mass is 32.2. The molecule has 1 aliphatic heterocycles. The SMILES string of the molecule is Cc1ccc([C@H]2CC(c3cccc(NS(C)(=O)=O)c3)=NO2)cc1. The molecule has 1 N–H and O–H groups in total. The summed E-state index contributed by atoms with van der Waals surface area (Å²) in [6.45, 7) is 2.04. The second-order valence-corrected chi connectivity index (χ2v) is 7.45. The second kappa shape index (κ2) is 6.04. The Balaban J connectivity index is 1.76. The molecule has 3 rings (SSSR count). The molecular weight excluding hydrogens is 312 g/mol. The summed E-state index contributed by atoms with van der Waals surface area (Å²) in [7, 11) is -3.30. The van der Waals surface area contributed by atoms with Gasteiger partial charge in [-0.05, 0) is 24.6 Å². The molecule has 0 unspecified atom stereocenters. The van der Waals surface area contributed by atoms with Gasteiger partial charge in [-0.1, -0.05) is 47.1 Å². The zero-order valence-corrected chi connectivity index (χ0v) is 13.8. The highest BCUT2D eigenvalue weighted by Crippen LogP contribution is 2.30. The number of nitrogens with one attached hydrogen (secondary N) is 1. The molecule has 0 aliphatic carbocycles. The highest BCUT2D eigenvalue weighted by Gasteiger charge is 2.24. The lowest BCUT2D eigenvalue weighted by molar-refractivity contribution is 0.0857. The molecule has 0 saturated carbocycles. The Bertz CT molecular complexity index is 842. The van der Waals surface area contributed by atoms with Gasteiger partial charge in [0.2, 0.25) is 10.0 Å². The van der Waals surface area contributed by atoms with Crippen molar-refractivity contribution >= 4 is 21.4 Å². The van der Waals surface area contributed by atoms with Crippen LogP contribution in [0.4, 0.5) is 5.69 Å². The minimum Gasteiger partial charge on any atom is -0.387 e. The van der Waals surface area contributed by atoms with Crippen LogP contribution in [0.1, 0.15) is 29.2 Å². The minimum absolute atomic E-state index is 0.0999. The van der Waals surface area contributed by atoms with E-state index in [9.17, 15) is 8.42 Å². The van der Waals surface area contributed by atoms with Crippen molar-refractivity contribution < 1.29 is 13.3 Å². The Hall–Kier alpha value is -2.34. The predicted molar refractivity (Wildman–Crippen MR) is 91.1 cm³/mol. The number of hydrogen-bond donors (Lipinski definition) is 1. The Morgan fingerprint density at radius 2 is 1.91 bits per heavy atom. The molecule has 0 amide bonds. The summed E-state index contributed by atoms with van der Waals surface area (Å²) in [6.07, 6.45) is 1.69. The summed E-state index contributed by atoms with van der Waals surface area (Å²) in [6, 6.07) is 15.3. The average Bonchev–Trinajstić information content (AvgIpc) is 2.96. The van der Waals surface area contributed by atoms with E-state index < -0.39 is 10.0 Å². The summed E-state index contributed by atoms with van der Waals surface area (Å²) >= 11 is 0. The van der Waals surface area contributed by atoms with Crippen molar-refractivity contribution in [1.29, 1.82) is 0 Å². The van der Waals surface area contributed by atoms with Crippen LogP contribution in [-0.2, 0) is 14.9 Å². The lowest BCUT2D eigenvalue weighted by Crippen LogP contribution is -2.10. The van der Waals surface area contributed by atoms with Crippen LogP contribution in [0.15, 0.2) is 53.7 Å². The van der Waals surface area contributed by atoms with Gasteiger partial charge in [-0.2, -0.15) is 0 Å². The number of oxime groups is 1. The summed E-state index contributed by atoms with van der Waals surface area (Å²) in [5, 5.41) is 4.16. The van der Waals surface area contributed by atoms with Gasteiger partial charge >= 0.3 is 0 Å². The van der Waals surface area contributed by atoms with Crippen LogP contribution in [-0.4, -0.2) is 20.4 Å². The van der Waals surface area contributed by atoms with Crippen molar-refractivity contribution in [3.63, 3.8) is 0 Å². The van der Waals surface area contributed by atoms with E-state index in [0.29, 0.717) is 12.1 Å². The van der Waals surface area contributed by atoms with E-state index in [1.165, 1.54) is 5.56 Å². The van der Waals surface area contributed by atoms with E-state index in [-0.39, 0.29) is 6.10 Å². The molecule has 0 saturated heterocycles. The molecule has 2 aromatic carbocycles. The van der Waals surface area contributed by atoms with Crippen molar-refractivity contribution in [2.45, 2.75) is 19.4 Å². The van der Waals surface area contributed by atoms with Gasteiger partial charge in [0.25, 0.3) is 0 Å². The third-order valence-electron chi connectivity index (χ3n) is 3.62. The summed E-state index contributed by atoms with van der Waals surface area (Å²) < 4.78 is 25.1. The maximum Gasteiger partial charge on any atom is 0.229 e. The van der Waals surface area contributed by atoms with Crippen LogP contribution in [0.5, 0.6) is 0 Å². The van der Waals surface area contributed by atoms with Gasteiger partial charge in [0.15, 0.2) is 6.10 Å². The Kier molecular flexibility index (Phi) is 4.09. The molecule has 1 atom stereocenters. The smallest absolute Gasteiger partial charge is 0.229 e. The first-order valence-electron chi connectivity index (χ1n) is 7.28. The van der Waals surface area contributed by atoms with E-state index in [4.69, 9.17) is 4.84 Å². The number of aryl methyl sites for hydroxylation is 1. The summed E-state index contributed by atoms with van der Waals surface area (Å²) in [5.74, 6) is 0. The quantitative estimate of drug-likeness (QED) is 0.936. The largest absolute Gasteiger partial charge is 0.387 e. The molecule has 1 heterocycles. The molecule has 23 heavy (non-hydrogen) atoms. The Morgan fingerprint density at radius 3 is 2.61 bits per heavy atom. The molecular formula is C17H18N2O3S. The van der Waals surface area contributed by atoms with Gasteiger partial charge in [0.1, 0.15) is 0 Å². The van der Waals surface area contributed by atoms with Gasteiger partial charge < -0.3 is 4.84 Å². The van der Waals surface area contributed by atoms with E-state index in [1.807, 2.05) is 37.3 Å². The maximum atomic E-state index is 11.3. The lowest BCUT2D eigenvalue weighted by atomic mass is 9.99. The second-order valence-electron chi connectivity index (χ2n) is 5.70. The third kappa shape index (κ3) is 3.90. The molecule has 1 aliphatic rings. The van der Waals surface area contributed by atoms with Crippen LogP contribution in [0.25, 0.3) is 0 Å². The van der Waals surface area contributed by atoms with E-state index in [0.717, 1.165) is 23.1 Å². The van der Waals surface area contributed by atoms with Gasteiger partial charge in [0.05, 0.1) is 12.0 Å². The maximum absolute atomic E-state index is 11.3. The molecule has 5 nitrogen and oxygen atoms in total. The zero-order chi connectivity index (χ0) is 16.4. The van der Waals surface area contributed by atoms with Crippen LogP contribution in [0.2, 0.25) is 0 Å². The van der Waals surface area contributed by atoms with Crippen molar-refractivity contribution in [2.24, 2.45) is 5.16 Å². The summed E-state index contributed by atoms with van der Waals surface area (Å²) in [4.78, 5) is 5.54. The fourth-order valence-electron chi connectivity index (χ4n) is 2.48. The molecule has 0 bridgehead atoms. The topological polar surface area (TPSA) is 67.8 Å². The number of rotatable bonds is 4. The van der Waals surface area contributed by atoms with Crippen LogP contribution in [0, 0.1) is 6.92 Å². The first-order valence-corrected chi connectivity index (χ1v) is 9.17. The number of benzene rings is 2. The molecule has 120 valence electrons. The van der Waals surface area contributed by atoms with Crippen LogP contribution >= 0.6 is 0 Å². The fourth-order valence-corrected chi connectivity index (χ4v) is 3.04. The third-order valence-corrected chi connectivity index (χ3v) is 4.22. The van der Waals surface area contributed by atoms with E-state index in [2.05, 4.69) is 9.88 Å².